The Morgan fingerprint density at radius 2 is 1.86 bits per heavy atom. The molecular formula is C16H10N6. The smallest absolute Gasteiger partial charge is 0.174 e. The molecule has 0 amide bonds. The summed E-state index contributed by atoms with van der Waals surface area (Å²) in [6.45, 7) is 0. The number of pyridine rings is 1. The summed E-state index contributed by atoms with van der Waals surface area (Å²) in [5, 5.41) is 14.1. The van der Waals surface area contributed by atoms with E-state index >= 15 is 0 Å². The monoisotopic (exact) mass is 286 g/mol. The molecule has 0 atom stereocenters. The summed E-state index contributed by atoms with van der Waals surface area (Å²) in [5.74, 6) is 0.750. The highest BCUT2D eigenvalue weighted by molar-refractivity contribution is 5.85. The second-order valence-corrected chi connectivity index (χ2v) is 5.06. The summed E-state index contributed by atoms with van der Waals surface area (Å²) < 4.78 is 3.78. The number of hydrogen-bond donors (Lipinski definition) is 0. The first-order valence-electron chi connectivity index (χ1n) is 6.93. The molecule has 22 heavy (non-hydrogen) atoms. The van der Waals surface area contributed by atoms with Crippen molar-refractivity contribution in [2.75, 3.05) is 0 Å². The highest BCUT2D eigenvalue weighted by Crippen LogP contribution is 2.25. The van der Waals surface area contributed by atoms with Gasteiger partial charge in [0, 0.05) is 12.4 Å². The van der Waals surface area contributed by atoms with Crippen LogP contribution in [0.4, 0.5) is 0 Å². The van der Waals surface area contributed by atoms with E-state index in [4.69, 9.17) is 0 Å². The molecule has 0 saturated carbocycles. The Morgan fingerprint density at radius 1 is 0.909 bits per heavy atom. The first-order valence-corrected chi connectivity index (χ1v) is 6.93. The van der Waals surface area contributed by atoms with Gasteiger partial charge in [-0.25, -0.2) is 9.50 Å². The predicted octanol–water partition coefficient (Wildman–Crippen LogP) is 2.59. The van der Waals surface area contributed by atoms with E-state index in [9.17, 15) is 0 Å². The van der Waals surface area contributed by atoms with Crippen molar-refractivity contribution in [3.05, 3.63) is 61.1 Å². The van der Waals surface area contributed by atoms with E-state index in [0.29, 0.717) is 0 Å². The van der Waals surface area contributed by atoms with Gasteiger partial charge in [0.05, 0.1) is 17.3 Å². The molecule has 104 valence electrons. The molecule has 1 aromatic carbocycles. The van der Waals surface area contributed by atoms with Gasteiger partial charge in [-0.1, -0.05) is 18.2 Å². The summed E-state index contributed by atoms with van der Waals surface area (Å²) in [4.78, 5) is 4.40. The first-order chi connectivity index (χ1) is 10.9. The van der Waals surface area contributed by atoms with Crippen LogP contribution in [0, 0.1) is 0 Å². The SMILES string of the molecule is c1ccc2c(c1)ccc1nnc(-c3cnn4cccnc34)n12. The van der Waals surface area contributed by atoms with E-state index in [2.05, 4.69) is 38.5 Å². The number of hydrogen-bond acceptors (Lipinski definition) is 4. The average molecular weight is 286 g/mol. The summed E-state index contributed by atoms with van der Waals surface area (Å²) >= 11 is 0. The third-order valence-corrected chi connectivity index (χ3v) is 3.80. The fourth-order valence-corrected chi connectivity index (χ4v) is 2.80. The molecule has 0 saturated heterocycles. The minimum atomic E-state index is 0.750. The molecular weight excluding hydrogens is 276 g/mol. The van der Waals surface area contributed by atoms with Crippen LogP contribution in [-0.4, -0.2) is 29.2 Å². The zero-order valence-corrected chi connectivity index (χ0v) is 11.5. The molecule has 0 bridgehead atoms. The van der Waals surface area contributed by atoms with Gasteiger partial charge in [-0.05, 0) is 29.7 Å². The fraction of sp³-hybridized carbons (Fsp3) is 0. The number of fused-ring (bicyclic) bond motifs is 4. The molecule has 0 fully saturated rings. The molecule has 0 spiro atoms. The van der Waals surface area contributed by atoms with Crippen LogP contribution >= 0.6 is 0 Å². The molecule has 6 nitrogen and oxygen atoms in total. The van der Waals surface area contributed by atoms with E-state index < -0.39 is 0 Å². The molecule has 5 aromatic rings. The normalized spacial score (nSPS) is 11.6. The van der Waals surface area contributed by atoms with Crippen molar-refractivity contribution in [2.24, 2.45) is 0 Å². The Kier molecular flexibility index (Phi) is 2.13. The van der Waals surface area contributed by atoms with E-state index in [1.165, 1.54) is 0 Å². The highest BCUT2D eigenvalue weighted by atomic mass is 15.3. The lowest BCUT2D eigenvalue weighted by molar-refractivity contribution is 0.939. The van der Waals surface area contributed by atoms with E-state index in [1.807, 2.05) is 34.9 Å². The van der Waals surface area contributed by atoms with Crippen LogP contribution in [0.3, 0.4) is 0 Å². The van der Waals surface area contributed by atoms with E-state index in [-0.39, 0.29) is 0 Å². The quantitative estimate of drug-likeness (QED) is 0.475. The summed E-state index contributed by atoms with van der Waals surface area (Å²) in [7, 11) is 0. The standard InChI is InChI=1S/C16H10N6/c1-2-5-13-11(4-1)6-7-14-19-20-16(22(13)14)12-10-18-21-9-3-8-17-15(12)21/h1-10H. The minimum Gasteiger partial charge on any atom is -0.275 e. The van der Waals surface area contributed by atoms with Crippen molar-refractivity contribution < 1.29 is 0 Å². The Morgan fingerprint density at radius 3 is 2.86 bits per heavy atom. The van der Waals surface area contributed by atoms with Gasteiger partial charge in [-0.2, -0.15) is 5.10 Å². The van der Waals surface area contributed by atoms with Crippen LogP contribution in [0.1, 0.15) is 0 Å². The van der Waals surface area contributed by atoms with Crippen molar-refractivity contribution in [3.63, 3.8) is 0 Å². The molecule has 4 heterocycles. The third-order valence-electron chi connectivity index (χ3n) is 3.80. The maximum atomic E-state index is 4.40. The van der Waals surface area contributed by atoms with Gasteiger partial charge in [0.1, 0.15) is 0 Å². The molecule has 5 rings (SSSR count). The fourth-order valence-electron chi connectivity index (χ4n) is 2.80. The van der Waals surface area contributed by atoms with Crippen molar-refractivity contribution in [1.82, 2.24) is 29.2 Å². The Hall–Kier alpha value is -3.28. The van der Waals surface area contributed by atoms with Crippen LogP contribution in [-0.2, 0) is 0 Å². The summed E-state index contributed by atoms with van der Waals surface area (Å²) in [5.41, 5.74) is 3.51. The average Bonchev–Trinajstić information content (AvgIpc) is 3.18. The lowest BCUT2D eigenvalue weighted by Crippen LogP contribution is -1.93. The van der Waals surface area contributed by atoms with E-state index in [0.717, 1.165) is 33.6 Å². The molecule has 0 radical (unpaired) electrons. The topological polar surface area (TPSA) is 60.4 Å². The minimum absolute atomic E-state index is 0.750. The predicted molar refractivity (Wildman–Crippen MR) is 82.5 cm³/mol. The van der Waals surface area contributed by atoms with Crippen molar-refractivity contribution in [1.29, 1.82) is 0 Å². The van der Waals surface area contributed by atoms with Gasteiger partial charge in [-0.3, -0.25) is 4.40 Å². The molecule has 0 aliphatic rings. The van der Waals surface area contributed by atoms with Gasteiger partial charge in [0.15, 0.2) is 17.1 Å². The maximum absolute atomic E-state index is 4.40. The van der Waals surface area contributed by atoms with Crippen molar-refractivity contribution in [3.8, 4) is 11.4 Å². The Bertz CT molecular complexity index is 1140. The maximum Gasteiger partial charge on any atom is 0.174 e. The molecule has 0 aliphatic heterocycles. The van der Waals surface area contributed by atoms with Crippen LogP contribution in [0.25, 0.3) is 33.6 Å². The number of benzene rings is 1. The molecule has 4 aromatic heterocycles. The van der Waals surface area contributed by atoms with Gasteiger partial charge in [0.25, 0.3) is 0 Å². The summed E-state index contributed by atoms with van der Waals surface area (Å²) in [6, 6.07) is 14.0. The van der Waals surface area contributed by atoms with E-state index in [1.54, 1.807) is 16.9 Å². The molecule has 6 heteroatoms. The zero-order chi connectivity index (χ0) is 14.5. The number of para-hydroxylation sites is 1. The third kappa shape index (κ3) is 1.43. The lowest BCUT2D eigenvalue weighted by Gasteiger charge is -2.03. The largest absolute Gasteiger partial charge is 0.275 e. The van der Waals surface area contributed by atoms with Gasteiger partial charge >= 0.3 is 0 Å². The van der Waals surface area contributed by atoms with Crippen LogP contribution in [0.2, 0.25) is 0 Å². The lowest BCUT2D eigenvalue weighted by atomic mass is 10.2. The second-order valence-electron chi connectivity index (χ2n) is 5.06. The number of rotatable bonds is 1. The molecule has 0 aliphatic carbocycles. The van der Waals surface area contributed by atoms with Crippen LogP contribution in [0.5, 0.6) is 0 Å². The van der Waals surface area contributed by atoms with Gasteiger partial charge in [-0.15, -0.1) is 10.2 Å². The highest BCUT2D eigenvalue weighted by Gasteiger charge is 2.15. The Balaban J connectivity index is 1.94. The second kappa shape index (κ2) is 4.11. The zero-order valence-electron chi connectivity index (χ0n) is 11.5. The molecule has 0 N–H and O–H groups in total. The first kappa shape index (κ1) is 11.4. The Labute approximate surface area is 124 Å². The number of nitrogens with zero attached hydrogens (tertiary/aromatic N) is 6. The van der Waals surface area contributed by atoms with Gasteiger partial charge < -0.3 is 0 Å². The number of aromatic nitrogens is 6. The van der Waals surface area contributed by atoms with Crippen molar-refractivity contribution >= 4 is 22.2 Å². The van der Waals surface area contributed by atoms with Crippen LogP contribution < -0.4 is 0 Å². The molecule has 0 unspecified atom stereocenters. The summed E-state index contributed by atoms with van der Waals surface area (Å²) in [6.07, 6.45) is 5.40. The van der Waals surface area contributed by atoms with Crippen LogP contribution in [0.15, 0.2) is 61.1 Å². The van der Waals surface area contributed by atoms with Crippen molar-refractivity contribution in [2.45, 2.75) is 0 Å². The van der Waals surface area contributed by atoms with Gasteiger partial charge in [0.2, 0.25) is 0 Å².